The predicted molar refractivity (Wildman–Crippen MR) is 87.9 cm³/mol. The molecule has 2 fully saturated rings. The topological polar surface area (TPSA) is 49.8 Å². The molecule has 0 spiro atoms. The zero-order valence-electron chi connectivity index (χ0n) is 13.4. The van der Waals surface area contributed by atoms with Crippen molar-refractivity contribution in [2.45, 2.75) is 64.7 Å². The van der Waals surface area contributed by atoms with E-state index in [9.17, 15) is 0 Å². The highest BCUT2D eigenvalue weighted by molar-refractivity contribution is 5.48. The lowest BCUT2D eigenvalue weighted by atomic mass is 10.0. The smallest absolute Gasteiger partial charge is 0.136 e. The second-order valence-corrected chi connectivity index (χ2v) is 6.80. The molecule has 0 atom stereocenters. The van der Waals surface area contributed by atoms with Crippen LogP contribution in [0.25, 0.3) is 0 Å². The maximum absolute atomic E-state index is 4.73. The number of hydrogen-bond donors (Lipinski definition) is 2. The number of anilines is 2. The van der Waals surface area contributed by atoms with Crippen LogP contribution in [0.2, 0.25) is 0 Å². The van der Waals surface area contributed by atoms with Crippen LogP contribution in [0.15, 0.2) is 6.07 Å². The van der Waals surface area contributed by atoms with Crippen LogP contribution in [0.4, 0.5) is 11.6 Å². The van der Waals surface area contributed by atoms with Gasteiger partial charge in [-0.3, -0.25) is 0 Å². The van der Waals surface area contributed by atoms with Gasteiger partial charge in [0.05, 0.1) is 0 Å². The van der Waals surface area contributed by atoms with Crippen molar-refractivity contribution in [2.75, 3.05) is 23.7 Å². The van der Waals surface area contributed by atoms with E-state index in [1.165, 1.54) is 38.5 Å². The van der Waals surface area contributed by atoms with Crippen LogP contribution < -0.4 is 10.6 Å². The summed E-state index contributed by atoms with van der Waals surface area (Å²) in [6.45, 7) is 6.50. The molecule has 2 aliphatic rings. The van der Waals surface area contributed by atoms with Gasteiger partial charge in [-0.25, -0.2) is 9.97 Å². The summed E-state index contributed by atoms with van der Waals surface area (Å²) in [5, 5.41) is 6.99. The Kier molecular flexibility index (Phi) is 4.32. The van der Waals surface area contributed by atoms with Gasteiger partial charge in [-0.1, -0.05) is 20.3 Å². The summed E-state index contributed by atoms with van der Waals surface area (Å²) < 4.78 is 0. The molecule has 1 heterocycles. The molecule has 2 N–H and O–H groups in total. The van der Waals surface area contributed by atoms with Gasteiger partial charge in [0.25, 0.3) is 0 Å². The Labute approximate surface area is 128 Å². The lowest BCUT2D eigenvalue weighted by Crippen LogP contribution is -2.17. The Hall–Kier alpha value is -1.32. The van der Waals surface area contributed by atoms with Crippen LogP contribution >= 0.6 is 0 Å². The molecule has 4 nitrogen and oxygen atoms in total. The molecule has 0 aliphatic heterocycles. The van der Waals surface area contributed by atoms with Crippen LogP contribution in [0.5, 0.6) is 0 Å². The van der Waals surface area contributed by atoms with Crippen LogP contribution in [0, 0.1) is 5.41 Å². The quantitative estimate of drug-likeness (QED) is 0.716. The molecule has 1 aromatic heterocycles. The van der Waals surface area contributed by atoms with E-state index in [2.05, 4.69) is 35.5 Å². The molecule has 4 heteroatoms. The van der Waals surface area contributed by atoms with Crippen molar-refractivity contribution in [3.05, 3.63) is 11.9 Å². The SMILES string of the molecule is CCCNc1cc(NCC2(CCC)CC2)nc(C2CC2)n1. The second-order valence-electron chi connectivity index (χ2n) is 6.80. The normalized spacial score (nSPS) is 19.3. The standard InChI is InChI=1S/C17H28N4/c1-3-7-17(8-9-17)12-19-15-11-14(18-10-4-2)20-16(21-15)13-5-6-13/h11,13H,3-10,12H2,1-2H3,(H2,18,19,20,21). The number of nitrogens with zero attached hydrogens (tertiary/aromatic N) is 2. The molecular weight excluding hydrogens is 260 g/mol. The number of aromatic nitrogens is 2. The molecule has 0 radical (unpaired) electrons. The number of nitrogens with one attached hydrogen (secondary N) is 2. The molecule has 0 bridgehead atoms. The van der Waals surface area contributed by atoms with Crippen molar-refractivity contribution in [1.29, 1.82) is 0 Å². The number of hydrogen-bond acceptors (Lipinski definition) is 4. The van der Waals surface area contributed by atoms with Gasteiger partial charge < -0.3 is 10.6 Å². The van der Waals surface area contributed by atoms with E-state index in [0.29, 0.717) is 11.3 Å². The van der Waals surface area contributed by atoms with Gasteiger partial charge in [0.1, 0.15) is 17.5 Å². The summed E-state index contributed by atoms with van der Waals surface area (Å²) in [5.74, 6) is 3.61. The summed E-state index contributed by atoms with van der Waals surface area (Å²) in [5.41, 5.74) is 0.552. The van der Waals surface area contributed by atoms with Gasteiger partial charge in [0.15, 0.2) is 0 Å². The molecule has 2 saturated carbocycles. The Morgan fingerprint density at radius 1 is 1.10 bits per heavy atom. The molecule has 0 aromatic carbocycles. The monoisotopic (exact) mass is 288 g/mol. The summed E-state index contributed by atoms with van der Waals surface area (Å²) in [4.78, 5) is 9.40. The highest BCUT2D eigenvalue weighted by Crippen LogP contribution is 2.49. The Balaban J connectivity index is 1.66. The van der Waals surface area contributed by atoms with Crippen molar-refractivity contribution in [1.82, 2.24) is 9.97 Å². The van der Waals surface area contributed by atoms with Gasteiger partial charge >= 0.3 is 0 Å². The lowest BCUT2D eigenvalue weighted by Gasteiger charge is -2.16. The van der Waals surface area contributed by atoms with Gasteiger partial charge in [-0.15, -0.1) is 0 Å². The number of rotatable bonds is 9. The summed E-state index contributed by atoms with van der Waals surface area (Å²) in [6, 6.07) is 2.07. The molecular formula is C17H28N4. The first kappa shape index (κ1) is 14.6. The zero-order valence-corrected chi connectivity index (χ0v) is 13.4. The fraction of sp³-hybridized carbons (Fsp3) is 0.765. The maximum Gasteiger partial charge on any atom is 0.136 e. The maximum atomic E-state index is 4.73. The predicted octanol–water partition coefficient (Wildman–Crippen LogP) is 4.17. The summed E-state index contributed by atoms with van der Waals surface area (Å²) in [6.07, 6.45) is 8.96. The van der Waals surface area contributed by atoms with Crippen LogP contribution in [-0.2, 0) is 0 Å². The van der Waals surface area contributed by atoms with Gasteiger partial charge in [-0.2, -0.15) is 0 Å². The highest BCUT2D eigenvalue weighted by Gasteiger charge is 2.41. The Morgan fingerprint density at radius 2 is 1.81 bits per heavy atom. The van der Waals surface area contributed by atoms with E-state index in [1.807, 2.05) is 0 Å². The fourth-order valence-corrected chi connectivity index (χ4v) is 2.92. The lowest BCUT2D eigenvalue weighted by molar-refractivity contribution is 0.485. The largest absolute Gasteiger partial charge is 0.370 e. The van der Waals surface area contributed by atoms with Gasteiger partial charge in [0.2, 0.25) is 0 Å². The Morgan fingerprint density at radius 3 is 2.38 bits per heavy atom. The van der Waals surface area contributed by atoms with Crippen molar-refractivity contribution >= 4 is 11.6 Å². The van der Waals surface area contributed by atoms with Crippen LogP contribution in [0.3, 0.4) is 0 Å². The third-order valence-corrected chi connectivity index (χ3v) is 4.62. The van der Waals surface area contributed by atoms with Gasteiger partial charge in [0, 0.05) is 25.1 Å². The van der Waals surface area contributed by atoms with Crippen molar-refractivity contribution in [3.8, 4) is 0 Å². The second kappa shape index (κ2) is 6.20. The van der Waals surface area contributed by atoms with Gasteiger partial charge in [-0.05, 0) is 43.9 Å². The molecule has 0 amide bonds. The van der Waals surface area contributed by atoms with Crippen LogP contribution in [-0.4, -0.2) is 23.1 Å². The third-order valence-electron chi connectivity index (χ3n) is 4.62. The summed E-state index contributed by atoms with van der Waals surface area (Å²) in [7, 11) is 0. The van der Waals surface area contributed by atoms with E-state index in [0.717, 1.165) is 37.0 Å². The zero-order chi connectivity index (χ0) is 14.7. The fourth-order valence-electron chi connectivity index (χ4n) is 2.92. The summed E-state index contributed by atoms with van der Waals surface area (Å²) >= 11 is 0. The molecule has 0 unspecified atom stereocenters. The minimum atomic E-state index is 0.552. The molecule has 3 rings (SSSR count). The first-order chi connectivity index (χ1) is 10.2. The Bertz CT molecular complexity index is 478. The average Bonchev–Trinajstić information content (AvgIpc) is 3.37. The first-order valence-electron chi connectivity index (χ1n) is 8.61. The van der Waals surface area contributed by atoms with Crippen molar-refractivity contribution in [3.63, 3.8) is 0 Å². The molecule has 116 valence electrons. The average molecular weight is 288 g/mol. The van der Waals surface area contributed by atoms with E-state index >= 15 is 0 Å². The van der Waals surface area contributed by atoms with E-state index in [1.54, 1.807) is 0 Å². The molecule has 1 aromatic rings. The molecule has 2 aliphatic carbocycles. The highest BCUT2D eigenvalue weighted by atomic mass is 15.1. The van der Waals surface area contributed by atoms with Crippen molar-refractivity contribution in [2.24, 2.45) is 5.41 Å². The van der Waals surface area contributed by atoms with E-state index < -0.39 is 0 Å². The molecule has 21 heavy (non-hydrogen) atoms. The molecule has 0 saturated heterocycles. The van der Waals surface area contributed by atoms with Crippen LogP contribution in [0.1, 0.15) is 70.5 Å². The van der Waals surface area contributed by atoms with E-state index in [-0.39, 0.29) is 0 Å². The van der Waals surface area contributed by atoms with Crippen molar-refractivity contribution < 1.29 is 0 Å². The minimum absolute atomic E-state index is 0.552. The van der Waals surface area contributed by atoms with E-state index in [4.69, 9.17) is 4.98 Å². The third kappa shape index (κ3) is 3.86. The minimum Gasteiger partial charge on any atom is -0.370 e. The first-order valence-corrected chi connectivity index (χ1v) is 8.61.